The van der Waals surface area contributed by atoms with Crippen molar-refractivity contribution in [2.75, 3.05) is 26.9 Å². The monoisotopic (exact) mass is 305 g/mol. The van der Waals surface area contributed by atoms with Crippen molar-refractivity contribution < 1.29 is 27.4 Å². The van der Waals surface area contributed by atoms with Crippen LogP contribution in [-0.2, 0) is 19.8 Å². The second-order valence-corrected chi connectivity index (χ2v) is 4.35. The number of nitrogens with one attached hydrogen (secondary N) is 1. The van der Waals surface area contributed by atoms with Crippen molar-refractivity contribution >= 4 is 5.97 Å². The quantitative estimate of drug-likeness (QED) is 0.785. The Balaban J connectivity index is 3.00. The fourth-order valence-electron chi connectivity index (χ4n) is 1.88. The van der Waals surface area contributed by atoms with Crippen LogP contribution in [0.5, 0.6) is 0 Å². The second-order valence-electron chi connectivity index (χ2n) is 4.35. The molecule has 0 aliphatic rings. The van der Waals surface area contributed by atoms with Gasteiger partial charge < -0.3 is 9.47 Å². The predicted octanol–water partition coefficient (Wildman–Crippen LogP) is 2.24. The van der Waals surface area contributed by atoms with Crippen LogP contribution >= 0.6 is 0 Å². The summed E-state index contributed by atoms with van der Waals surface area (Å²) in [7, 11) is 1.47. The number of esters is 1. The molecule has 0 saturated heterocycles. The molecule has 1 unspecified atom stereocenters. The summed E-state index contributed by atoms with van der Waals surface area (Å²) in [5.41, 5.74) is -0.990. The number of hydrogen-bond donors (Lipinski definition) is 1. The number of hydrogen-bond acceptors (Lipinski definition) is 4. The topological polar surface area (TPSA) is 47.6 Å². The lowest BCUT2D eigenvalue weighted by atomic mass is 9.91. The van der Waals surface area contributed by atoms with Crippen LogP contribution in [0.1, 0.15) is 12.5 Å². The molecule has 0 heterocycles. The fraction of sp³-hybridized carbons (Fsp3) is 0.500. The van der Waals surface area contributed by atoms with E-state index in [1.54, 1.807) is 37.3 Å². The minimum absolute atomic E-state index is 0.119. The molecule has 21 heavy (non-hydrogen) atoms. The van der Waals surface area contributed by atoms with Gasteiger partial charge in [-0.3, -0.25) is 5.32 Å². The Morgan fingerprint density at radius 1 is 1.19 bits per heavy atom. The maximum absolute atomic E-state index is 12.2. The molecule has 1 aromatic carbocycles. The molecule has 0 spiro atoms. The minimum atomic E-state index is -4.45. The number of likely N-dealkylation sites (N-methyl/N-ethyl adjacent to an activating group) is 1. The van der Waals surface area contributed by atoms with Gasteiger partial charge in [-0.2, -0.15) is 13.2 Å². The Kier molecular flexibility index (Phi) is 6.17. The van der Waals surface area contributed by atoms with Crippen LogP contribution in [0, 0.1) is 0 Å². The summed E-state index contributed by atoms with van der Waals surface area (Å²) in [4.78, 5) is 12.2. The van der Waals surface area contributed by atoms with Gasteiger partial charge in [-0.25, -0.2) is 4.79 Å². The average Bonchev–Trinajstić information content (AvgIpc) is 2.44. The van der Waals surface area contributed by atoms with Crippen LogP contribution in [0.3, 0.4) is 0 Å². The Bertz CT molecular complexity index is 451. The van der Waals surface area contributed by atoms with Crippen molar-refractivity contribution in [2.24, 2.45) is 0 Å². The van der Waals surface area contributed by atoms with Gasteiger partial charge in [0.1, 0.15) is 6.61 Å². The summed E-state index contributed by atoms with van der Waals surface area (Å²) >= 11 is 0. The van der Waals surface area contributed by atoms with Crippen molar-refractivity contribution in [3.8, 4) is 0 Å². The summed E-state index contributed by atoms with van der Waals surface area (Å²) < 4.78 is 46.3. The zero-order valence-electron chi connectivity index (χ0n) is 11.9. The van der Waals surface area contributed by atoms with E-state index in [-0.39, 0.29) is 6.61 Å². The van der Waals surface area contributed by atoms with Gasteiger partial charge in [0.15, 0.2) is 5.54 Å². The van der Waals surface area contributed by atoms with Crippen molar-refractivity contribution in [3.63, 3.8) is 0 Å². The molecule has 1 N–H and O–H groups in total. The first kappa shape index (κ1) is 17.5. The standard InChI is InChI=1S/C14H18F3NO3/c1-3-21-12(19)13(18-2,9-20-10-14(15,16)17)11-7-5-4-6-8-11/h4-8,18H,3,9-10H2,1-2H3. The molecule has 0 bridgehead atoms. The first-order valence-electron chi connectivity index (χ1n) is 6.42. The van der Waals surface area contributed by atoms with E-state index in [9.17, 15) is 18.0 Å². The van der Waals surface area contributed by atoms with E-state index in [0.717, 1.165) is 0 Å². The van der Waals surface area contributed by atoms with Crippen LogP contribution in [0.15, 0.2) is 30.3 Å². The summed E-state index contributed by atoms with van der Waals surface area (Å²) in [5, 5.41) is 2.74. The number of alkyl halides is 3. The molecular weight excluding hydrogens is 287 g/mol. The second kappa shape index (κ2) is 7.42. The molecule has 1 aromatic rings. The molecule has 0 radical (unpaired) electrons. The van der Waals surface area contributed by atoms with E-state index >= 15 is 0 Å². The number of carbonyl (C=O) groups excluding carboxylic acids is 1. The molecule has 1 rings (SSSR count). The number of rotatable bonds is 7. The van der Waals surface area contributed by atoms with Gasteiger partial charge in [0.2, 0.25) is 0 Å². The average molecular weight is 305 g/mol. The fourth-order valence-corrected chi connectivity index (χ4v) is 1.88. The Morgan fingerprint density at radius 3 is 2.29 bits per heavy atom. The molecular formula is C14H18F3NO3. The smallest absolute Gasteiger partial charge is 0.411 e. The summed E-state index contributed by atoms with van der Waals surface area (Å²) in [5.74, 6) is -0.680. The third-order valence-electron chi connectivity index (χ3n) is 2.90. The largest absolute Gasteiger partial charge is 0.464 e. The number of carbonyl (C=O) groups is 1. The van der Waals surface area contributed by atoms with Crippen molar-refractivity contribution in [1.29, 1.82) is 0 Å². The summed E-state index contributed by atoms with van der Waals surface area (Å²) in [6.45, 7) is -0.164. The number of ether oxygens (including phenoxy) is 2. The highest BCUT2D eigenvalue weighted by atomic mass is 19.4. The third kappa shape index (κ3) is 4.71. The molecule has 0 fully saturated rings. The molecule has 0 amide bonds. The van der Waals surface area contributed by atoms with Gasteiger partial charge in [0.05, 0.1) is 13.2 Å². The number of benzene rings is 1. The lowest BCUT2D eigenvalue weighted by molar-refractivity contribution is -0.184. The number of halogens is 3. The zero-order valence-corrected chi connectivity index (χ0v) is 11.9. The van der Waals surface area contributed by atoms with E-state index in [1.807, 2.05) is 0 Å². The van der Waals surface area contributed by atoms with Gasteiger partial charge in [0, 0.05) is 0 Å². The van der Waals surface area contributed by atoms with E-state index in [4.69, 9.17) is 4.74 Å². The van der Waals surface area contributed by atoms with Crippen LogP contribution in [0.25, 0.3) is 0 Å². The van der Waals surface area contributed by atoms with Crippen LogP contribution < -0.4 is 5.32 Å². The lowest BCUT2D eigenvalue weighted by Crippen LogP contribution is -2.52. The van der Waals surface area contributed by atoms with Gasteiger partial charge in [-0.05, 0) is 19.5 Å². The van der Waals surface area contributed by atoms with Gasteiger partial charge in [-0.15, -0.1) is 0 Å². The molecule has 118 valence electrons. The van der Waals surface area contributed by atoms with Crippen molar-refractivity contribution in [3.05, 3.63) is 35.9 Å². The van der Waals surface area contributed by atoms with E-state index in [1.165, 1.54) is 7.05 Å². The van der Waals surface area contributed by atoms with E-state index < -0.39 is 30.9 Å². The molecule has 7 heteroatoms. The molecule has 0 aliphatic heterocycles. The first-order valence-corrected chi connectivity index (χ1v) is 6.42. The van der Waals surface area contributed by atoms with Crippen molar-refractivity contribution in [1.82, 2.24) is 5.32 Å². The van der Waals surface area contributed by atoms with Gasteiger partial charge >= 0.3 is 12.1 Å². The summed E-state index contributed by atoms with van der Waals surface area (Å²) in [6, 6.07) is 8.37. The highest BCUT2D eigenvalue weighted by Crippen LogP contribution is 2.25. The molecule has 0 aromatic heterocycles. The van der Waals surface area contributed by atoms with E-state index in [0.29, 0.717) is 5.56 Å². The van der Waals surface area contributed by atoms with Gasteiger partial charge in [-0.1, -0.05) is 30.3 Å². The van der Waals surface area contributed by atoms with Crippen LogP contribution in [-0.4, -0.2) is 39.0 Å². The molecule has 0 aliphatic carbocycles. The van der Waals surface area contributed by atoms with Crippen LogP contribution in [0.2, 0.25) is 0 Å². The van der Waals surface area contributed by atoms with Gasteiger partial charge in [0.25, 0.3) is 0 Å². The maximum Gasteiger partial charge on any atom is 0.411 e. The van der Waals surface area contributed by atoms with Crippen molar-refractivity contribution in [2.45, 2.75) is 18.6 Å². The highest BCUT2D eigenvalue weighted by molar-refractivity contribution is 5.83. The zero-order chi connectivity index (χ0) is 15.9. The predicted molar refractivity (Wildman–Crippen MR) is 70.7 cm³/mol. The Morgan fingerprint density at radius 2 is 1.81 bits per heavy atom. The molecule has 1 atom stereocenters. The minimum Gasteiger partial charge on any atom is -0.464 e. The molecule has 0 saturated carbocycles. The summed E-state index contributed by atoms with van der Waals surface area (Å²) in [6.07, 6.45) is -4.45. The Labute approximate surface area is 121 Å². The molecule has 4 nitrogen and oxygen atoms in total. The van der Waals surface area contributed by atoms with E-state index in [2.05, 4.69) is 10.1 Å². The van der Waals surface area contributed by atoms with Crippen LogP contribution in [0.4, 0.5) is 13.2 Å². The Hall–Kier alpha value is -1.60. The lowest BCUT2D eigenvalue weighted by Gasteiger charge is -2.31. The SMILES string of the molecule is CCOC(=O)C(COCC(F)(F)F)(NC)c1ccccc1. The third-order valence-corrected chi connectivity index (χ3v) is 2.90. The highest BCUT2D eigenvalue weighted by Gasteiger charge is 2.42. The first-order chi connectivity index (χ1) is 9.85. The normalized spacial score (nSPS) is 14.5. The maximum atomic E-state index is 12.2.